The minimum atomic E-state index is 0.531. The largest absolute Gasteiger partial charge is 0.383 e. The number of hydrogen-bond acceptors (Lipinski definition) is 3. The Labute approximate surface area is 102 Å². The van der Waals surface area contributed by atoms with Gasteiger partial charge in [0.2, 0.25) is 0 Å². The third-order valence-electron chi connectivity index (χ3n) is 3.75. The molecule has 2 atom stereocenters. The van der Waals surface area contributed by atoms with Gasteiger partial charge in [0.15, 0.2) is 0 Å². The van der Waals surface area contributed by atoms with Gasteiger partial charge < -0.3 is 5.73 Å². The molecule has 1 aromatic heterocycles. The molecule has 1 saturated carbocycles. The molecule has 0 aliphatic heterocycles. The van der Waals surface area contributed by atoms with Gasteiger partial charge in [-0.25, -0.2) is 4.68 Å². The second kappa shape index (κ2) is 4.79. The number of anilines is 1. The van der Waals surface area contributed by atoms with Crippen molar-refractivity contribution in [3.63, 3.8) is 0 Å². The van der Waals surface area contributed by atoms with E-state index >= 15 is 0 Å². The van der Waals surface area contributed by atoms with Gasteiger partial charge in [-0.1, -0.05) is 19.8 Å². The van der Waals surface area contributed by atoms with Crippen molar-refractivity contribution in [3.05, 3.63) is 11.3 Å². The smallest absolute Gasteiger partial charge is 0.140 e. The monoisotopic (exact) mass is 232 g/mol. The Hall–Kier alpha value is -1.50. The fourth-order valence-corrected chi connectivity index (χ4v) is 2.85. The highest BCUT2D eigenvalue weighted by molar-refractivity contribution is 5.51. The van der Waals surface area contributed by atoms with E-state index in [1.165, 1.54) is 25.7 Å². The van der Waals surface area contributed by atoms with E-state index in [2.05, 4.69) is 18.1 Å². The molecule has 2 N–H and O–H groups in total. The predicted molar refractivity (Wildman–Crippen MR) is 67.2 cm³/mol. The second-order valence-corrected chi connectivity index (χ2v) is 5.28. The lowest BCUT2D eigenvalue weighted by Gasteiger charge is -2.26. The van der Waals surface area contributed by atoms with Crippen LogP contribution in [0, 0.1) is 30.1 Å². The molecule has 0 radical (unpaired) electrons. The summed E-state index contributed by atoms with van der Waals surface area (Å²) in [6.07, 6.45) is 5.15. The number of nitrogens with two attached hydrogens (primary N) is 1. The van der Waals surface area contributed by atoms with Gasteiger partial charge in [0.1, 0.15) is 17.5 Å². The first-order valence-electron chi connectivity index (χ1n) is 6.34. The third-order valence-corrected chi connectivity index (χ3v) is 3.75. The zero-order valence-corrected chi connectivity index (χ0v) is 10.6. The van der Waals surface area contributed by atoms with Crippen molar-refractivity contribution < 1.29 is 0 Å². The molecule has 1 aliphatic carbocycles. The number of rotatable bonds is 2. The quantitative estimate of drug-likeness (QED) is 0.851. The minimum Gasteiger partial charge on any atom is -0.383 e. The standard InChI is InChI=1S/C13H20N4/c1-9-4-3-5-11(6-9)8-17-13(15)12(7-14)10(2)16-17/h9,11H,3-6,8,15H2,1-2H3/t9-,11+/m0/s1. The van der Waals surface area contributed by atoms with E-state index in [0.29, 0.717) is 17.3 Å². The fraction of sp³-hybridized carbons (Fsp3) is 0.692. The average Bonchev–Trinajstić information content (AvgIpc) is 2.54. The maximum Gasteiger partial charge on any atom is 0.140 e. The van der Waals surface area contributed by atoms with Crippen LogP contribution in [0.3, 0.4) is 0 Å². The van der Waals surface area contributed by atoms with Gasteiger partial charge in [-0.15, -0.1) is 0 Å². The highest BCUT2D eigenvalue weighted by atomic mass is 15.3. The average molecular weight is 232 g/mol. The van der Waals surface area contributed by atoms with Crippen LogP contribution in [0.4, 0.5) is 5.82 Å². The zero-order valence-electron chi connectivity index (χ0n) is 10.6. The van der Waals surface area contributed by atoms with Gasteiger partial charge in [-0.05, 0) is 31.6 Å². The molecule has 4 heteroatoms. The molecule has 0 saturated heterocycles. The summed E-state index contributed by atoms with van der Waals surface area (Å²) >= 11 is 0. The Morgan fingerprint density at radius 3 is 2.88 bits per heavy atom. The highest BCUT2D eigenvalue weighted by Crippen LogP contribution is 2.30. The van der Waals surface area contributed by atoms with E-state index in [-0.39, 0.29) is 0 Å². The van der Waals surface area contributed by atoms with Crippen LogP contribution in [0.1, 0.15) is 43.9 Å². The molecule has 17 heavy (non-hydrogen) atoms. The van der Waals surface area contributed by atoms with Crippen LogP contribution in [0.5, 0.6) is 0 Å². The van der Waals surface area contributed by atoms with Gasteiger partial charge in [-0.3, -0.25) is 0 Å². The molecule has 0 bridgehead atoms. The van der Waals surface area contributed by atoms with Crippen LogP contribution in [0.25, 0.3) is 0 Å². The molecule has 1 aromatic rings. The summed E-state index contributed by atoms with van der Waals surface area (Å²) in [6.45, 7) is 5.01. The molecule has 0 amide bonds. The first kappa shape index (κ1) is 12.0. The number of nitriles is 1. The summed E-state index contributed by atoms with van der Waals surface area (Å²) in [7, 11) is 0. The SMILES string of the molecule is Cc1nn(C[C@@H]2CCC[C@H](C)C2)c(N)c1C#N. The summed E-state index contributed by atoms with van der Waals surface area (Å²) in [4.78, 5) is 0. The summed E-state index contributed by atoms with van der Waals surface area (Å²) in [5.41, 5.74) is 7.22. The predicted octanol–water partition coefficient (Wildman–Crippen LogP) is 2.47. The Bertz CT molecular complexity index is 441. The molecule has 1 fully saturated rings. The number of hydrogen-bond donors (Lipinski definition) is 1. The molecule has 92 valence electrons. The Morgan fingerprint density at radius 1 is 1.53 bits per heavy atom. The van der Waals surface area contributed by atoms with Crippen LogP contribution in [-0.2, 0) is 6.54 Å². The summed E-state index contributed by atoms with van der Waals surface area (Å²) in [5.74, 6) is 2.00. The van der Waals surface area contributed by atoms with E-state index in [1.54, 1.807) is 0 Å². The molecular weight excluding hydrogens is 212 g/mol. The van der Waals surface area contributed by atoms with Crippen molar-refractivity contribution >= 4 is 5.82 Å². The molecule has 2 rings (SSSR count). The molecule has 4 nitrogen and oxygen atoms in total. The lowest BCUT2D eigenvalue weighted by molar-refractivity contribution is 0.251. The first-order chi connectivity index (χ1) is 8.11. The van der Waals surface area contributed by atoms with Gasteiger partial charge in [0.25, 0.3) is 0 Å². The van der Waals surface area contributed by atoms with Crippen LogP contribution < -0.4 is 5.73 Å². The number of nitrogen functional groups attached to an aromatic ring is 1. The Kier molecular flexibility index (Phi) is 3.37. The lowest BCUT2D eigenvalue weighted by Crippen LogP contribution is -2.20. The maximum atomic E-state index is 8.98. The van der Waals surface area contributed by atoms with Gasteiger partial charge in [0, 0.05) is 6.54 Å². The molecule has 1 heterocycles. The summed E-state index contributed by atoms with van der Waals surface area (Å²) in [5, 5.41) is 13.3. The van der Waals surface area contributed by atoms with Crippen LogP contribution in [0.15, 0.2) is 0 Å². The van der Waals surface area contributed by atoms with Crippen molar-refractivity contribution in [2.45, 2.75) is 46.1 Å². The van der Waals surface area contributed by atoms with E-state index < -0.39 is 0 Å². The Morgan fingerprint density at radius 2 is 2.29 bits per heavy atom. The highest BCUT2D eigenvalue weighted by Gasteiger charge is 2.21. The van der Waals surface area contributed by atoms with E-state index in [9.17, 15) is 0 Å². The van der Waals surface area contributed by atoms with Crippen LogP contribution in [-0.4, -0.2) is 9.78 Å². The number of aromatic nitrogens is 2. The lowest BCUT2D eigenvalue weighted by atomic mass is 9.82. The third kappa shape index (κ3) is 2.44. The second-order valence-electron chi connectivity index (χ2n) is 5.28. The van der Waals surface area contributed by atoms with Gasteiger partial charge in [-0.2, -0.15) is 10.4 Å². The normalized spacial score (nSPS) is 24.5. The van der Waals surface area contributed by atoms with Crippen LogP contribution >= 0.6 is 0 Å². The van der Waals surface area contributed by atoms with Crippen molar-refractivity contribution in [1.29, 1.82) is 5.26 Å². The number of aryl methyl sites for hydroxylation is 1. The number of nitrogens with zero attached hydrogens (tertiary/aromatic N) is 3. The van der Waals surface area contributed by atoms with Crippen LogP contribution in [0.2, 0.25) is 0 Å². The summed E-state index contributed by atoms with van der Waals surface area (Å²) in [6, 6.07) is 2.12. The van der Waals surface area contributed by atoms with E-state index in [1.807, 2.05) is 11.6 Å². The van der Waals surface area contributed by atoms with Crippen molar-refractivity contribution in [3.8, 4) is 6.07 Å². The van der Waals surface area contributed by atoms with E-state index in [0.717, 1.165) is 18.2 Å². The van der Waals surface area contributed by atoms with Gasteiger partial charge >= 0.3 is 0 Å². The topological polar surface area (TPSA) is 67.6 Å². The van der Waals surface area contributed by atoms with E-state index in [4.69, 9.17) is 11.0 Å². The molecule has 1 aliphatic rings. The van der Waals surface area contributed by atoms with Crippen molar-refractivity contribution in [2.24, 2.45) is 11.8 Å². The summed E-state index contributed by atoms with van der Waals surface area (Å²) < 4.78 is 1.82. The first-order valence-corrected chi connectivity index (χ1v) is 6.34. The molecule has 0 aromatic carbocycles. The minimum absolute atomic E-state index is 0.531. The van der Waals surface area contributed by atoms with Crippen molar-refractivity contribution in [2.75, 3.05) is 5.73 Å². The molecule has 0 spiro atoms. The molecule has 0 unspecified atom stereocenters. The Balaban J connectivity index is 2.11. The zero-order chi connectivity index (χ0) is 12.4. The molecular formula is C13H20N4. The fourth-order valence-electron chi connectivity index (χ4n) is 2.85. The van der Waals surface area contributed by atoms with Crippen molar-refractivity contribution in [1.82, 2.24) is 9.78 Å². The van der Waals surface area contributed by atoms with Gasteiger partial charge in [0.05, 0.1) is 5.69 Å². The maximum absolute atomic E-state index is 8.98.